The van der Waals surface area contributed by atoms with Crippen LogP contribution in [0.25, 0.3) is 11.0 Å². The zero-order chi connectivity index (χ0) is 19.5. The van der Waals surface area contributed by atoms with Crippen molar-refractivity contribution in [1.29, 1.82) is 0 Å². The van der Waals surface area contributed by atoms with Gasteiger partial charge in [-0.05, 0) is 42.9 Å². The third-order valence-corrected chi connectivity index (χ3v) is 5.44. The van der Waals surface area contributed by atoms with Crippen molar-refractivity contribution < 1.29 is 4.79 Å². The van der Waals surface area contributed by atoms with Gasteiger partial charge in [0.1, 0.15) is 18.7 Å². The molecule has 0 atom stereocenters. The largest absolute Gasteiger partial charge is 0.356 e. The van der Waals surface area contributed by atoms with Crippen molar-refractivity contribution in [3.8, 4) is 0 Å². The predicted molar refractivity (Wildman–Crippen MR) is 110 cm³/mol. The van der Waals surface area contributed by atoms with E-state index in [1.807, 2.05) is 24.3 Å². The van der Waals surface area contributed by atoms with Gasteiger partial charge in [0.25, 0.3) is 0 Å². The molecule has 1 fully saturated rings. The number of benzene rings is 1. The van der Waals surface area contributed by atoms with Gasteiger partial charge in [0.2, 0.25) is 5.91 Å². The Labute approximate surface area is 164 Å². The lowest BCUT2D eigenvalue weighted by atomic mass is 9.99. The number of nitrogens with one attached hydrogen (secondary N) is 1. The summed E-state index contributed by atoms with van der Waals surface area (Å²) in [4.78, 5) is 23.6. The van der Waals surface area contributed by atoms with Gasteiger partial charge in [-0.3, -0.25) is 4.79 Å². The first-order valence-electron chi connectivity index (χ1n) is 9.94. The van der Waals surface area contributed by atoms with Crippen LogP contribution in [0.5, 0.6) is 0 Å². The summed E-state index contributed by atoms with van der Waals surface area (Å²) in [5.41, 5.74) is 2.73. The maximum atomic E-state index is 12.5. The number of aromatic nitrogens is 4. The maximum absolute atomic E-state index is 12.5. The fourth-order valence-corrected chi connectivity index (χ4v) is 3.63. The van der Waals surface area contributed by atoms with Crippen molar-refractivity contribution in [3.63, 3.8) is 0 Å². The fourth-order valence-electron chi connectivity index (χ4n) is 3.63. The predicted octanol–water partition coefficient (Wildman–Crippen LogP) is 3.26. The summed E-state index contributed by atoms with van der Waals surface area (Å²) < 4.78 is 1.64. The van der Waals surface area contributed by atoms with Crippen LogP contribution in [-0.2, 0) is 17.8 Å². The summed E-state index contributed by atoms with van der Waals surface area (Å²) in [6, 6.07) is 7.90. The lowest BCUT2D eigenvalue weighted by molar-refractivity contribution is -0.116. The van der Waals surface area contributed by atoms with Crippen LogP contribution in [0.4, 0.5) is 11.5 Å². The molecule has 1 aliphatic heterocycles. The van der Waals surface area contributed by atoms with E-state index in [9.17, 15) is 4.79 Å². The Balaban J connectivity index is 1.49. The maximum Gasteiger partial charge on any atom is 0.246 e. The van der Waals surface area contributed by atoms with Gasteiger partial charge in [-0.25, -0.2) is 14.6 Å². The van der Waals surface area contributed by atoms with Crippen molar-refractivity contribution in [2.75, 3.05) is 23.3 Å². The summed E-state index contributed by atoms with van der Waals surface area (Å²) in [5.74, 6) is 1.55. The second kappa shape index (κ2) is 7.96. The number of carbonyl (C=O) groups is 1. The summed E-state index contributed by atoms with van der Waals surface area (Å²) >= 11 is 0. The molecule has 1 N–H and O–H groups in total. The first-order valence-corrected chi connectivity index (χ1v) is 9.94. The summed E-state index contributed by atoms with van der Waals surface area (Å²) in [6.45, 7) is 6.50. The topological polar surface area (TPSA) is 75.9 Å². The van der Waals surface area contributed by atoms with Crippen LogP contribution in [0.2, 0.25) is 0 Å². The lowest BCUT2D eigenvalue weighted by Crippen LogP contribution is -2.33. The molecule has 0 spiro atoms. The summed E-state index contributed by atoms with van der Waals surface area (Å²) in [7, 11) is 0. The monoisotopic (exact) mass is 378 g/mol. The molecule has 2 aromatic heterocycles. The minimum Gasteiger partial charge on any atom is -0.356 e. The number of aryl methyl sites for hydroxylation is 1. The fraction of sp³-hybridized carbons (Fsp3) is 0.429. The Bertz CT molecular complexity index is 957. The highest BCUT2D eigenvalue weighted by Crippen LogP contribution is 2.27. The second-order valence-electron chi connectivity index (χ2n) is 7.50. The van der Waals surface area contributed by atoms with E-state index in [1.54, 1.807) is 17.2 Å². The molecule has 0 unspecified atom stereocenters. The summed E-state index contributed by atoms with van der Waals surface area (Å²) in [5, 5.41) is 8.23. The highest BCUT2D eigenvalue weighted by molar-refractivity contribution is 5.92. The van der Waals surface area contributed by atoms with Crippen molar-refractivity contribution in [1.82, 2.24) is 19.7 Å². The quantitative estimate of drug-likeness (QED) is 0.737. The molecule has 1 aliphatic rings. The van der Waals surface area contributed by atoms with E-state index in [0.29, 0.717) is 5.65 Å². The Kier molecular flexibility index (Phi) is 5.23. The van der Waals surface area contributed by atoms with Crippen LogP contribution in [0, 0.1) is 5.92 Å². The average Bonchev–Trinajstić information content (AvgIpc) is 3.12. The number of hydrogen-bond acceptors (Lipinski definition) is 5. The standard InChI is InChI=1S/C21H26N6O/c1-3-16-4-6-17(7-5-16)25-19(28)13-27-21-18(12-24-27)20(22-14-23-21)26-10-8-15(2)9-11-26/h4-7,12,14-15H,3,8-11,13H2,1-2H3,(H,25,28). The molecule has 4 rings (SSSR count). The molecule has 146 valence electrons. The van der Waals surface area contributed by atoms with Crippen molar-refractivity contribution in [3.05, 3.63) is 42.4 Å². The van der Waals surface area contributed by atoms with Crippen LogP contribution in [0.1, 0.15) is 32.3 Å². The first-order chi connectivity index (χ1) is 13.6. The number of hydrogen-bond donors (Lipinski definition) is 1. The molecule has 0 saturated carbocycles. The summed E-state index contributed by atoms with van der Waals surface area (Å²) in [6.07, 6.45) is 6.64. The van der Waals surface area contributed by atoms with Gasteiger partial charge in [-0.15, -0.1) is 0 Å². The van der Waals surface area contributed by atoms with Crippen LogP contribution >= 0.6 is 0 Å². The van der Waals surface area contributed by atoms with Crippen LogP contribution in [-0.4, -0.2) is 38.7 Å². The molecule has 1 aromatic carbocycles. The molecule has 3 aromatic rings. The van der Waals surface area contributed by atoms with E-state index in [0.717, 1.165) is 42.3 Å². The molecular weight excluding hydrogens is 352 g/mol. The van der Waals surface area contributed by atoms with Crippen LogP contribution in [0.3, 0.4) is 0 Å². The SMILES string of the molecule is CCc1ccc(NC(=O)Cn2ncc3c(N4CCC(C)CC4)ncnc32)cc1. The van der Waals surface area contributed by atoms with Crippen molar-refractivity contribution >= 4 is 28.4 Å². The van der Waals surface area contributed by atoms with Gasteiger partial charge >= 0.3 is 0 Å². The number of amides is 1. The molecule has 3 heterocycles. The Hall–Kier alpha value is -2.96. The number of anilines is 2. The van der Waals surface area contributed by atoms with E-state index >= 15 is 0 Å². The molecule has 1 amide bonds. The zero-order valence-corrected chi connectivity index (χ0v) is 16.4. The van der Waals surface area contributed by atoms with Gasteiger partial charge < -0.3 is 10.2 Å². The molecular formula is C21H26N6O. The minimum atomic E-state index is -0.124. The number of piperidine rings is 1. The van der Waals surface area contributed by atoms with Crippen molar-refractivity contribution in [2.24, 2.45) is 5.92 Å². The van der Waals surface area contributed by atoms with Gasteiger partial charge in [-0.1, -0.05) is 26.0 Å². The normalized spacial score (nSPS) is 15.1. The van der Waals surface area contributed by atoms with Crippen LogP contribution < -0.4 is 10.2 Å². The minimum absolute atomic E-state index is 0.118. The van der Waals surface area contributed by atoms with Gasteiger partial charge in [0.15, 0.2) is 5.65 Å². The molecule has 0 bridgehead atoms. The van der Waals surface area contributed by atoms with E-state index in [1.165, 1.54) is 18.4 Å². The number of rotatable bonds is 5. The first kappa shape index (κ1) is 18.4. The molecule has 7 nitrogen and oxygen atoms in total. The van der Waals surface area contributed by atoms with Gasteiger partial charge in [0.05, 0.1) is 11.6 Å². The average molecular weight is 378 g/mol. The zero-order valence-electron chi connectivity index (χ0n) is 16.4. The van der Waals surface area contributed by atoms with Crippen LogP contribution in [0.15, 0.2) is 36.8 Å². The molecule has 7 heteroatoms. The van der Waals surface area contributed by atoms with E-state index in [4.69, 9.17) is 0 Å². The molecule has 28 heavy (non-hydrogen) atoms. The van der Waals surface area contributed by atoms with Crippen molar-refractivity contribution in [2.45, 2.75) is 39.7 Å². The molecule has 0 radical (unpaired) electrons. The third-order valence-electron chi connectivity index (χ3n) is 5.44. The molecule has 1 saturated heterocycles. The van der Waals surface area contributed by atoms with E-state index in [-0.39, 0.29) is 12.5 Å². The Morgan fingerprint density at radius 3 is 2.64 bits per heavy atom. The Morgan fingerprint density at radius 1 is 1.18 bits per heavy atom. The Morgan fingerprint density at radius 2 is 1.93 bits per heavy atom. The second-order valence-corrected chi connectivity index (χ2v) is 7.50. The van der Waals surface area contributed by atoms with Gasteiger partial charge in [-0.2, -0.15) is 5.10 Å². The van der Waals surface area contributed by atoms with Gasteiger partial charge in [0, 0.05) is 18.8 Å². The highest BCUT2D eigenvalue weighted by atomic mass is 16.2. The van der Waals surface area contributed by atoms with E-state index in [2.05, 4.69) is 39.1 Å². The smallest absolute Gasteiger partial charge is 0.246 e. The molecule has 0 aliphatic carbocycles. The van der Waals surface area contributed by atoms with E-state index < -0.39 is 0 Å². The number of nitrogens with zero attached hydrogens (tertiary/aromatic N) is 5. The third kappa shape index (κ3) is 3.83. The highest BCUT2D eigenvalue weighted by Gasteiger charge is 2.21. The number of carbonyl (C=O) groups excluding carboxylic acids is 1. The lowest BCUT2D eigenvalue weighted by Gasteiger charge is -2.31. The number of fused-ring (bicyclic) bond motifs is 1.